The summed E-state index contributed by atoms with van der Waals surface area (Å²) >= 11 is 5.94. The SMILES string of the molecule is C[C@@H](CCO)[C@H](O)c1ccccc1Cl. The van der Waals surface area contributed by atoms with Crippen LogP contribution in [0.3, 0.4) is 0 Å². The fourth-order valence-electron chi connectivity index (χ4n) is 1.38. The summed E-state index contributed by atoms with van der Waals surface area (Å²) in [6, 6.07) is 7.23. The van der Waals surface area contributed by atoms with Crippen molar-refractivity contribution < 1.29 is 10.2 Å². The molecule has 2 N–H and O–H groups in total. The maximum atomic E-state index is 9.91. The van der Waals surface area contributed by atoms with Gasteiger partial charge in [0.15, 0.2) is 0 Å². The number of rotatable bonds is 4. The second kappa shape index (κ2) is 5.35. The Morgan fingerprint density at radius 1 is 1.36 bits per heavy atom. The van der Waals surface area contributed by atoms with E-state index in [9.17, 15) is 5.11 Å². The lowest BCUT2D eigenvalue weighted by Gasteiger charge is -2.19. The first-order chi connectivity index (χ1) is 6.66. The standard InChI is InChI=1S/C11H15ClO2/c1-8(6-7-13)11(14)9-4-2-3-5-10(9)12/h2-5,8,11,13-14H,6-7H2,1H3/t8-,11-/m0/s1. The van der Waals surface area contributed by atoms with Crippen LogP contribution in [-0.4, -0.2) is 16.8 Å². The van der Waals surface area contributed by atoms with Crippen LogP contribution in [0, 0.1) is 5.92 Å². The van der Waals surface area contributed by atoms with Crippen molar-refractivity contribution in [3.05, 3.63) is 34.9 Å². The van der Waals surface area contributed by atoms with Gasteiger partial charge in [-0.1, -0.05) is 36.7 Å². The third-order valence-electron chi connectivity index (χ3n) is 2.35. The molecule has 0 saturated carbocycles. The normalized spacial score (nSPS) is 15.1. The molecule has 0 radical (unpaired) electrons. The van der Waals surface area contributed by atoms with Gasteiger partial charge in [0.25, 0.3) is 0 Å². The van der Waals surface area contributed by atoms with Crippen LogP contribution in [0.1, 0.15) is 25.0 Å². The molecule has 0 aliphatic heterocycles. The highest BCUT2D eigenvalue weighted by atomic mass is 35.5. The minimum absolute atomic E-state index is 0.0138. The van der Waals surface area contributed by atoms with E-state index >= 15 is 0 Å². The van der Waals surface area contributed by atoms with Gasteiger partial charge in [-0.2, -0.15) is 0 Å². The number of aliphatic hydroxyl groups is 2. The Kier molecular flexibility index (Phi) is 4.39. The summed E-state index contributed by atoms with van der Waals surface area (Å²) in [5.41, 5.74) is 0.732. The van der Waals surface area contributed by atoms with Gasteiger partial charge >= 0.3 is 0 Å². The Balaban J connectivity index is 2.78. The molecule has 3 heteroatoms. The topological polar surface area (TPSA) is 40.5 Å². The van der Waals surface area contributed by atoms with Crippen LogP contribution >= 0.6 is 11.6 Å². The van der Waals surface area contributed by atoms with Gasteiger partial charge in [-0.25, -0.2) is 0 Å². The van der Waals surface area contributed by atoms with E-state index in [1.54, 1.807) is 12.1 Å². The van der Waals surface area contributed by atoms with Gasteiger partial charge in [0.1, 0.15) is 0 Å². The molecule has 0 unspecified atom stereocenters. The summed E-state index contributed by atoms with van der Waals surface area (Å²) in [5.74, 6) is 0.0138. The van der Waals surface area contributed by atoms with E-state index in [0.717, 1.165) is 5.56 Å². The van der Waals surface area contributed by atoms with Crippen molar-refractivity contribution in [3.8, 4) is 0 Å². The molecule has 0 bridgehead atoms. The number of hydrogen-bond donors (Lipinski definition) is 2. The van der Waals surface area contributed by atoms with Gasteiger partial charge < -0.3 is 10.2 Å². The maximum absolute atomic E-state index is 9.91. The van der Waals surface area contributed by atoms with Crippen molar-refractivity contribution in [1.29, 1.82) is 0 Å². The summed E-state index contributed by atoms with van der Waals surface area (Å²) < 4.78 is 0. The van der Waals surface area contributed by atoms with Crippen molar-refractivity contribution in [3.63, 3.8) is 0 Å². The summed E-state index contributed by atoms with van der Waals surface area (Å²) in [5, 5.41) is 19.2. The van der Waals surface area contributed by atoms with Crippen molar-refractivity contribution in [2.24, 2.45) is 5.92 Å². The Hall–Kier alpha value is -0.570. The van der Waals surface area contributed by atoms with Crippen molar-refractivity contribution >= 4 is 11.6 Å². The molecule has 0 saturated heterocycles. The summed E-state index contributed by atoms with van der Waals surface area (Å²) in [7, 11) is 0. The second-order valence-corrected chi connectivity index (χ2v) is 3.86. The van der Waals surface area contributed by atoms with E-state index in [0.29, 0.717) is 11.4 Å². The third-order valence-corrected chi connectivity index (χ3v) is 2.69. The van der Waals surface area contributed by atoms with Gasteiger partial charge in [-0.15, -0.1) is 0 Å². The highest BCUT2D eigenvalue weighted by Crippen LogP contribution is 2.29. The fourth-order valence-corrected chi connectivity index (χ4v) is 1.63. The van der Waals surface area contributed by atoms with Crippen LogP contribution in [0.25, 0.3) is 0 Å². The molecule has 0 amide bonds. The average molecular weight is 215 g/mol. The van der Waals surface area contributed by atoms with E-state index < -0.39 is 6.10 Å². The van der Waals surface area contributed by atoms with Crippen LogP contribution in [0.5, 0.6) is 0 Å². The highest BCUT2D eigenvalue weighted by Gasteiger charge is 2.17. The average Bonchev–Trinajstić information content (AvgIpc) is 2.18. The van der Waals surface area contributed by atoms with Crippen LogP contribution < -0.4 is 0 Å². The van der Waals surface area contributed by atoms with Crippen molar-refractivity contribution in [1.82, 2.24) is 0 Å². The molecule has 0 fully saturated rings. The molecule has 0 spiro atoms. The quantitative estimate of drug-likeness (QED) is 0.808. The first-order valence-electron chi connectivity index (χ1n) is 4.70. The van der Waals surface area contributed by atoms with Crippen LogP contribution in [0.15, 0.2) is 24.3 Å². The molecule has 0 heterocycles. The predicted octanol–water partition coefficient (Wildman–Crippen LogP) is 2.39. The molecular weight excluding hydrogens is 200 g/mol. The lowest BCUT2D eigenvalue weighted by atomic mass is 9.95. The van der Waals surface area contributed by atoms with Crippen LogP contribution in [0.4, 0.5) is 0 Å². The lowest BCUT2D eigenvalue weighted by molar-refractivity contribution is 0.0991. The first kappa shape index (κ1) is 11.5. The summed E-state index contributed by atoms with van der Waals surface area (Å²) in [6.07, 6.45) is -0.0253. The lowest BCUT2D eigenvalue weighted by Crippen LogP contribution is -2.11. The smallest absolute Gasteiger partial charge is 0.0830 e. The molecule has 2 atom stereocenters. The zero-order valence-electron chi connectivity index (χ0n) is 8.15. The molecule has 2 nitrogen and oxygen atoms in total. The molecule has 14 heavy (non-hydrogen) atoms. The fraction of sp³-hybridized carbons (Fsp3) is 0.455. The van der Waals surface area contributed by atoms with Crippen LogP contribution in [-0.2, 0) is 0 Å². The number of benzene rings is 1. The Labute approximate surface area is 89.1 Å². The Morgan fingerprint density at radius 3 is 2.57 bits per heavy atom. The van der Waals surface area contributed by atoms with E-state index in [2.05, 4.69) is 0 Å². The van der Waals surface area contributed by atoms with E-state index in [1.807, 2.05) is 19.1 Å². The molecule has 1 rings (SSSR count). The summed E-state index contributed by atoms with van der Waals surface area (Å²) in [6.45, 7) is 1.98. The second-order valence-electron chi connectivity index (χ2n) is 3.46. The molecular formula is C11H15ClO2. The van der Waals surface area contributed by atoms with E-state index in [4.69, 9.17) is 16.7 Å². The molecule has 78 valence electrons. The highest BCUT2D eigenvalue weighted by molar-refractivity contribution is 6.31. The zero-order valence-corrected chi connectivity index (χ0v) is 8.91. The Bertz CT molecular complexity index is 288. The molecule has 0 aromatic heterocycles. The van der Waals surface area contributed by atoms with Crippen molar-refractivity contribution in [2.75, 3.05) is 6.61 Å². The third kappa shape index (κ3) is 2.71. The first-order valence-corrected chi connectivity index (χ1v) is 5.08. The number of halogens is 1. The summed E-state index contributed by atoms with van der Waals surface area (Å²) in [4.78, 5) is 0. The van der Waals surface area contributed by atoms with Crippen molar-refractivity contribution in [2.45, 2.75) is 19.4 Å². The van der Waals surface area contributed by atoms with Crippen LogP contribution in [0.2, 0.25) is 5.02 Å². The molecule has 0 aliphatic carbocycles. The molecule has 1 aromatic carbocycles. The molecule has 1 aromatic rings. The molecule has 0 aliphatic rings. The van der Waals surface area contributed by atoms with E-state index in [-0.39, 0.29) is 12.5 Å². The number of hydrogen-bond acceptors (Lipinski definition) is 2. The minimum Gasteiger partial charge on any atom is -0.396 e. The number of aliphatic hydroxyl groups excluding tert-OH is 2. The van der Waals surface area contributed by atoms with Gasteiger partial charge in [0, 0.05) is 11.6 Å². The van der Waals surface area contributed by atoms with Gasteiger partial charge in [-0.3, -0.25) is 0 Å². The zero-order chi connectivity index (χ0) is 10.6. The Morgan fingerprint density at radius 2 is 2.00 bits per heavy atom. The van der Waals surface area contributed by atoms with Gasteiger partial charge in [0.05, 0.1) is 6.10 Å². The van der Waals surface area contributed by atoms with Gasteiger partial charge in [-0.05, 0) is 24.0 Å². The predicted molar refractivity (Wildman–Crippen MR) is 57.3 cm³/mol. The van der Waals surface area contributed by atoms with Gasteiger partial charge in [0.2, 0.25) is 0 Å². The minimum atomic E-state index is -0.601. The monoisotopic (exact) mass is 214 g/mol. The van der Waals surface area contributed by atoms with E-state index in [1.165, 1.54) is 0 Å². The maximum Gasteiger partial charge on any atom is 0.0830 e. The largest absolute Gasteiger partial charge is 0.396 e.